The van der Waals surface area contributed by atoms with Gasteiger partial charge in [0, 0.05) is 35.6 Å². The summed E-state index contributed by atoms with van der Waals surface area (Å²) in [5.74, 6) is 0. The van der Waals surface area contributed by atoms with E-state index in [1.54, 1.807) is 24.5 Å². The summed E-state index contributed by atoms with van der Waals surface area (Å²) in [5.41, 5.74) is 1.86. The molecule has 20 heavy (non-hydrogen) atoms. The average Bonchev–Trinajstić information content (AvgIpc) is 2.45. The van der Waals surface area contributed by atoms with Gasteiger partial charge >= 0.3 is 0 Å². The molecule has 1 aromatic carbocycles. The Hall–Kier alpha value is -1.98. The molecule has 2 rings (SSSR count). The van der Waals surface area contributed by atoms with Crippen molar-refractivity contribution in [2.45, 2.75) is 13.0 Å². The number of nitro groups is 1. The molecule has 0 fully saturated rings. The van der Waals surface area contributed by atoms with Crippen LogP contribution < -0.4 is 5.32 Å². The third-order valence-corrected chi connectivity index (χ3v) is 3.13. The fourth-order valence-corrected chi connectivity index (χ4v) is 2.03. The first-order chi connectivity index (χ1) is 9.66. The minimum atomic E-state index is -0.411. The van der Waals surface area contributed by atoms with Crippen LogP contribution in [-0.2, 0) is 13.0 Å². The normalized spacial score (nSPS) is 10.4. The van der Waals surface area contributed by atoms with Crippen molar-refractivity contribution >= 4 is 17.3 Å². The van der Waals surface area contributed by atoms with Crippen LogP contribution in [-0.4, -0.2) is 16.5 Å². The van der Waals surface area contributed by atoms with Gasteiger partial charge in [0.05, 0.1) is 4.92 Å². The van der Waals surface area contributed by atoms with Crippen LogP contribution in [0.5, 0.6) is 0 Å². The van der Waals surface area contributed by atoms with E-state index in [-0.39, 0.29) is 5.69 Å². The van der Waals surface area contributed by atoms with Crippen LogP contribution in [0.2, 0.25) is 5.02 Å². The summed E-state index contributed by atoms with van der Waals surface area (Å²) in [6.07, 6.45) is 4.35. The number of rotatable bonds is 6. The van der Waals surface area contributed by atoms with Crippen molar-refractivity contribution < 1.29 is 4.92 Å². The first-order valence-corrected chi connectivity index (χ1v) is 6.57. The maximum atomic E-state index is 10.9. The number of hydrogen-bond acceptors (Lipinski definition) is 4. The lowest BCUT2D eigenvalue weighted by atomic mass is 10.1. The van der Waals surface area contributed by atoms with Crippen molar-refractivity contribution in [2.24, 2.45) is 0 Å². The molecule has 104 valence electrons. The topological polar surface area (TPSA) is 68.1 Å². The first kappa shape index (κ1) is 14.4. The van der Waals surface area contributed by atoms with Crippen molar-refractivity contribution in [2.75, 3.05) is 6.54 Å². The number of nitro benzene ring substituents is 1. The van der Waals surface area contributed by atoms with E-state index in [4.69, 9.17) is 11.6 Å². The molecule has 0 aliphatic carbocycles. The van der Waals surface area contributed by atoms with Gasteiger partial charge in [0.1, 0.15) is 0 Å². The maximum absolute atomic E-state index is 10.9. The highest BCUT2D eigenvalue weighted by Crippen LogP contribution is 2.22. The van der Waals surface area contributed by atoms with Gasteiger partial charge in [-0.15, -0.1) is 0 Å². The molecule has 0 bridgehead atoms. The third kappa shape index (κ3) is 4.01. The summed E-state index contributed by atoms with van der Waals surface area (Å²) in [6, 6.07) is 8.62. The van der Waals surface area contributed by atoms with Crippen molar-refractivity contribution in [1.29, 1.82) is 0 Å². The number of aromatic nitrogens is 1. The molecular weight excluding hydrogens is 278 g/mol. The molecule has 2 aromatic rings. The second-order valence-corrected chi connectivity index (χ2v) is 4.75. The predicted octanol–water partition coefficient (Wildman–Crippen LogP) is 2.98. The molecule has 0 radical (unpaired) electrons. The summed E-state index contributed by atoms with van der Waals surface area (Å²) in [4.78, 5) is 14.5. The summed E-state index contributed by atoms with van der Waals surface area (Å²) in [7, 11) is 0. The lowest BCUT2D eigenvalue weighted by Gasteiger charge is -2.06. The van der Waals surface area contributed by atoms with Gasteiger partial charge in [-0.1, -0.05) is 11.6 Å². The number of halogens is 1. The van der Waals surface area contributed by atoms with Crippen molar-refractivity contribution in [3.63, 3.8) is 0 Å². The molecule has 0 aliphatic rings. The molecule has 0 unspecified atom stereocenters. The number of pyridine rings is 1. The van der Waals surface area contributed by atoms with E-state index in [1.807, 2.05) is 12.1 Å². The van der Waals surface area contributed by atoms with E-state index in [2.05, 4.69) is 10.3 Å². The van der Waals surface area contributed by atoms with E-state index in [0.29, 0.717) is 17.1 Å². The van der Waals surface area contributed by atoms with Crippen LogP contribution in [0, 0.1) is 10.1 Å². The summed E-state index contributed by atoms with van der Waals surface area (Å²) in [5, 5.41) is 14.5. The Morgan fingerprint density at radius 1 is 1.25 bits per heavy atom. The number of nitrogens with zero attached hydrogens (tertiary/aromatic N) is 2. The average molecular weight is 292 g/mol. The second kappa shape index (κ2) is 6.98. The smallest absolute Gasteiger partial charge is 0.275 e. The molecule has 1 heterocycles. The highest BCUT2D eigenvalue weighted by molar-refractivity contribution is 6.30. The fraction of sp³-hybridized carbons (Fsp3) is 0.214. The van der Waals surface area contributed by atoms with Crippen molar-refractivity contribution in [3.05, 3.63) is 69.0 Å². The van der Waals surface area contributed by atoms with E-state index in [1.165, 1.54) is 11.6 Å². The minimum Gasteiger partial charge on any atom is -0.312 e. The van der Waals surface area contributed by atoms with Gasteiger partial charge in [-0.25, -0.2) is 0 Å². The molecule has 5 nitrogen and oxygen atoms in total. The number of hydrogen-bond donors (Lipinski definition) is 1. The molecule has 0 amide bonds. The van der Waals surface area contributed by atoms with Gasteiger partial charge < -0.3 is 5.32 Å². The number of nitrogens with one attached hydrogen (secondary N) is 1. The van der Waals surface area contributed by atoms with E-state index < -0.39 is 4.92 Å². The highest BCUT2D eigenvalue weighted by Gasteiger charge is 2.13. The lowest BCUT2D eigenvalue weighted by molar-refractivity contribution is -0.385. The Morgan fingerprint density at radius 3 is 2.70 bits per heavy atom. The molecule has 0 spiro atoms. The van der Waals surface area contributed by atoms with E-state index >= 15 is 0 Å². The summed E-state index contributed by atoms with van der Waals surface area (Å²) < 4.78 is 0. The van der Waals surface area contributed by atoms with Gasteiger partial charge in [0.15, 0.2) is 0 Å². The van der Waals surface area contributed by atoms with Gasteiger partial charge in [0.2, 0.25) is 0 Å². The molecule has 1 aromatic heterocycles. The standard InChI is InChI=1S/C14H14ClN3O2/c15-13-2-1-12(14(9-13)18(19)20)10-17-8-5-11-3-6-16-7-4-11/h1-4,6-7,9,17H,5,8,10H2. The lowest BCUT2D eigenvalue weighted by Crippen LogP contribution is -2.17. The Bertz CT molecular complexity index is 590. The summed E-state index contributed by atoms with van der Waals surface area (Å²) >= 11 is 5.77. The minimum absolute atomic E-state index is 0.0499. The molecule has 6 heteroatoms. The SMILES string of the molecule is O=[N+]([O-])c1cc(Cl)ccc1CNCCc1ccncc1. The number of benzene rings is 1. The van der Waals surface area contributed by atoms with Crippen LogP contribution in [0.15, 0.2) is 42.7 Å². The largest absolute Gasteiger partial charge is 0.312 e. The quantitative estimate of drug-likeness (QED) is 0.505. The van der Waals surface area contributed by atoms with Crippen LogP contribution in [0.3, 0.4) is 0 Å². The van der Waals surface area contributed by atoms with Crippen LogP contribution >= 0.6 is 11.6 Å². The van der Waals surface area contributed by atoms with Crippen molar-refractivity contribution in [3.8, 4) is 0 Å². The van der Waals surface area contributed by atoms with Gasteiger partial charge in [-0.2, -0.15) is 0 Å². The zero-order valence-corrected chi connectivity index (χ0v) is 11.5. The molecule has 0 saturated heterocycles. The molecule has 1 N–H and O–H groups in total. The third-order valence-electron chi connectivity index (χ3n) is 2.90. The van der Waals surface area contributed by atoms with Gasteiger partial charge in [-0.3, -0.25) is 15.1 Å². The Morgan fingerprint density at radius 2 is 2.00 bits per heavy atom. The summed E-state index contributed by atoms with van der Waals surface area (Å²) in [6.45, 7) is 1.18. The Labute approximate surface area is 121 Å². The van der Waals surface area contributed by atoms with E-state index in [9.17, 15) is 10.1 Å². The zero-order chi connectivity index (χ0) is 14.4. The molecule has 0 atom stereocenters. The Kier molecular flexibility index (Phi) is 5.03. The predicted molar refractivity (Wildman–Crippen MR) is 77.8 cm³/mol. The highest BCUT2D eigenvalue weighted by atomic mass is 35.5. The molecule has 0 saturated carbocycles. The maximum Gasteiger partial charge on any atom is 0.275 e. The van der Waals surface area contributed by atoms with Gasteiger partial charge in [0.25, 0.3) is 5.69 Å². The molecule has 0 aliphatic heterocycles. The molecular formula is C14H14ClN3O2. The second-order valence-electron chi connectivity index (χ2n) is 4.31. The Balaban J connectivity index is 1.90. The van der Waals surface area contributed by atoms with Gasteiger partial charge in [-0.05, 0) is 42.8 Å². The van der Waals surface area contributed by atoms with Crippen LogP contribution in [0.25, 0.3) is 0 Å². The van der Waals surface area contributed by atoms with Crippen LogP contribution in [0.1, 0.15) is 11.1 Å². The first-order valence-electron chi connectivity index (χ1n) is 6.19. The van der Waals surface area contributed by atoms with Crippen LogP contribution in [0.4, 0.5) is 5.69 Å². The zero-order valence-electron chi connectivity index (χ0n) is 10.8. The fourth-order valence-electron chi connectivity index (χ4n) is 1.86. The van der Waals surface area contributed by atoms with E-state index in [0.717, 1.165) is 13.0 Å². The van der Waals surface area contributed by atoms with Crippen molar-refractivity contribution in [1.82, 2.24) is 10.3 Å². The monoisotopic (exact) mass is 291 g/mol.